The number of anilines is 1. The fourth-order valence-electron chi connectivity index (χ4n) is 3.78. The SMILES string of the molecule is COc1ccccc1N1C[C@@H](C(=O)O[C@@H](C)C(=O)NC(=O)NC2CCCC2)CC1=O. The van der Waals surface area contributed by atoms with Crippen molar-refractivity contribution in [3.05, 3.63) is 24.3 Å². The molecule has 0 radical (unpaired) electrons. The number of carbonyl (C=O) groups is 4. The lowest BCUT2D eigenvalue weighted by molar-refractivity contribution is -0.158. The normalized spacial score (nSPS) is 20.0. The predicted octanol–water partition coefficient (Wildman–Crippen LogP) is 1.75. The van der Waals surface area contributed by atoms with E-state index in [0.717, 1.165) is 25.7 Å². The smallest absolute Gasteiger partial charge is 0.321 e. The highest BCUT2D eigenvalue weighted by molar-refractivity contribution is 6.01. The largest absolute Gasteiger partial charge is 0.495 e. The van der Waals surface area contributed by atoms with Crippen molar-refractivity contribution in [1.82, 2.24) is 10.6 Å². The van der Waals surface area contributed by atoms with E-state index in [1.165, 1.54) is 18.9 Å². The van der Waals surface area contributed by atoms with Gasteiger partial charge < -0.3 is 19.7 Å². The summed E-state index contributed by atoms with van der Waals surface area (Å²) in [6.45, 7) is 1.53. The number of rotatable bonds is 6. The molecule has 0 bridgehead atoms. The fourth-order valence-corrected chi connectivity index (χ4v) is 3.78. The van der Waals surface area contributed by atoms with E-state index in [1.54, 1.807) is 24.3 Å². The number of amides is 4. The number of carbonyl (C=O) groups excluding carboxylic acids is 4. The third-order valence-corrected chi connectivity index (χ3v) is 5.42. The van der Waals surface area contributed by atoms with Crippen LogP contribution in [0.4, 0.5) is 10.5 Å². The lowest BCUT2D eigenvalue weighted by atomic mass is 10.1. The highest BCUT2D eigenvalue weighted by Gasteiger charge is 2.38. The maximum atomic E-state index is 12.5. The van der Waals surface area contributed by atoms with Gasteiger partial charge in [0.1, 0.15) is 5.75 Å². The minimum absolute atomic E-state index is 0.0204. The molecule has 2 aliphatic rings. The van der Waals surface area contributed by atoms with Crippen LogP contribution in [0.1, 0.15) is 39.0 Å². The fraction of sp³-hybridized carbons (Fsp3) is 0.524. The molecule has 9 heteroatoms. The van der Waals surface area contributed by atoms with Crippen LogP contribution in [0, 0.1) is 5.92 Å². The van der Waals surface area contributed by atoms with Crippen LogP contribution < -0.4 is 20.3 Å². The summed E-state index contributed by atoms with van der Waals surface area (Å²) in [7, 11) is 1.51. The van der Waals surface area contributed by atoms with E-state index in [2.05, 4.69) is 10.6 Å². The molecule has 3 rings (SSSR count). The van der Waals surface area contributed by atoms with Crippen molar-refractivity contribution >= 4 is 29.5 Å². The van der Waals surface area contributed by atoms with E-state index in [9.17, 15) is 19.2 Å². The Morgan fingerprint density at radius 2 is 1.87 bits per heavy atom. The van der Waals surface area contributed by atoms with Gasteiger partial charge in [0.2, 0.25) is 5.91 Å². The number of hydrogen-bond acceptors (Lipinski definition) is 6. The molecule has 1 aromatic carbocycles. The van der Waals surface area contributed by atoms with Crippen molar-refractivity contribution in [3.63, 3.8) is 0 Å². The van der Waals surface area contributed by atoms with Gasteiger partial charge >= 0.3 is 12.0 Å². The summed E-state index contributed by atoms with van der Waals surface area (Å²) in [4.78, 5) is 50.5. The molecule has 0 unspecified atom stereocenters. The second-order valence-electron chi connectivity index (χ2n) is 7.60. The molecule has 1 aliphatic carbocycles. The van der Waals surface area contributed by atoms with Crippen LogP contribution in [0.3, 0.4) is 0 Å². The van der Waals surface area contributed by atoms with Crippen molar-refractivity contribution in [1.29, 1.82) is 0 Å². The Balaban J connectivity index is 1.52. The van der Waals surface area contributed by atoms with Crippen LogP contribution in [0.25, 0.3) is 0 Å². The highest BCUT2D eigenvalue weighted by atomic mass is 16.5. The summed E-state index contributed by atoms with van der Waals surface area (Å²) in [5.74, 6) is -1.76. The first-order valence-corrected chi connectivity index (χ1v) is 10.1. The Morgan fingerprint density at radius 1 is 1.17 bits per heavy atom. The van der Waals surface area contributed by atoms with E-state index < -0.39 is 29.9 Å². The second kappa shape index (κ2) is 9.60. The van der Waals surface area contributed by atoms with Gasteiger partial charge in [0.25, 0.3) is 5.91 Å². The van der Waals surface area contributed by atoms with Gasteiger partial charge in [-0.2, -0.15) is 0 Å². The van der Waals surface area contributed by atoms with Gasteiger partial charge in [-0.05, 0) is 31.9 Å². The molecule has 30 heavy (non-hydrogen) atoms. The summed E-state index contributed by atoms with van der Waals surface area (Å²) in [5.41, 5.74) is 0.578. The van der Waals surface area contributed by atoms with E-state index in [0.29, 0.717) is 11.4 Å². The Labute approximate surface area is 175 Å². The molecule has 4 amide bonds. The van der Waals surface area contributed by atoms with Crippen molar-refractivity contribution < 1.29 is 28.7 Å². The second-order valence-corrected chi connectivity index (χ2v) is 7.60. The van der Waals surface area contributed by atoms with Crippen molar-refractivity contribution in [3.8, 4) is 5.75 Å². The zero-order valence-corrected chi connectivity index (χ0v) is 17.2. The summed E-state index contributed by atoms with van der Waals surface area (Å²) in [6, 6.07) is 6.52. The van der Waals surface area contributed by atoms with Gasteiger partial charge in [-0.1, -0.05) is 25.0 Å². The topological polar surface area (TPSA) is 114 Å². The Hall–Kier alpha value is -3.10. The number of esters is 1. The minimum atomic E-state index is -1.15. The molecule has 162 valence electrons. The van der Waals surface area contributed by atoms with Crippen molar-refractivity contribution in [2.45, 2.75) is 51.2 Å². The molecule has 2 N–H and O–H groups in total. The van der Waals surface area contributed by atoms with Crippen LogP contribution in [-0.4, -0.2) is 49.6 Å². The lowest BCUT2D eigenvalue weighted by Gasteiger charge is -2.20. The average Bonchev–Trinajstić information content (AvgIpc) is 3.37. The maximum Gasteiger partial charge on any atom is 0.321 e. The molecule has 9 nitrogen and oxygen atoms in total. The van der Waals surface area contributed by atoms with Gasteiger partial charge in [0, 0.05) is 19.0 Å². The van der Waals surface area contributed by atoms with Gasteiger partial charge in [-0.3, -0.25) is 19.7 Å². The third kappa shape index (κ3) is 5.08. The molecular weight excluding hydrogens is 390 g/mol. The monoisotopic (exact) mass is 417 g/mol. The van der Waals surface area contributed by atoms with Gasteiger partial charge in [-0.15, -0.1) is 0 Å². The summed E-state index contributed by atoms with van der Waals surface area (Å²) < 4.78 is 10.5. The third-order valence-electron chi connectivity index (χ3n) is 5.42. The van der Waals surface area contributed by atoms with E-state index in [-0.39, 0.29) is 24.9 Å². The molecule has 1 aromatic rings. The quantitative estimate of drug-likeness (QED) is 0.682. The number of nitrogens with zero attached hydrogens (tertiary/aromatic N) is 1. The number of methoxy groups -OCH3 is 1. The zero-order valence-electron chi connectivity index (χ0n) is 17.2. The Bertz CT molecular complexity index is 821. The number of nitrogens with one attached hydrogen (secondary N) is 2. The summed E-state index contributed by atoms with van der Waals surface area (Å²) in [6.07, 6.45) is 2.72. The number of para-hydroxylation sites is 2. The first kappa shape index (κ1) is 21.6. The van der Waals surface area contributed by atoms with Gasteiger partial charge in [-0.25, -0.2) is 4.79 Å². The predicted molar refractivity (Wildman–Crippen MR) is 108 cm³/mol. The van der Waals surface area contributed by atoms with Crippen LogP contribution in [0.15, 0.2) is 24.3 Å². The average molecular weight is 417 g/mol. The number of ether oxygens (including phenoxy) is 2. The lowest BCUT2D eigenvalue weighted by Crippen LogP contribution is -2.47. The van der Waals surface area contributed by atoms with Crippen molar-refractivity contribution in [2.75, 3.05) is 18.6 Å². The molecule has 1 aliphatic heterocycles. The molecule has 2 fully saturated rings. The maximum absolute atomic E-state index is 12.5. The number of imide groups is 1. The molecule has 0 aromatic heterocycles. The van der Waals surface area contributed by atoms with E-state index >= 15 is 0 Å². The first-order chi connectivity index (χ1) is 14.4. The van der Waals surface area contributed by atoms with E-state index in [1.807, 2.05) is 0 Å². The molecule has 1 heterocycles. The highest BCUT2D eigenvalue weighted by Crippen LogP contribution is 2.33. The van der Waals surface area contributed by atoms with Crippen LogP contribution >= 0.6 is 0 Å². The van der Waals surface area contributed by atoms with Gasteiger partial charge in [0.05, 0.1) is 18.7 Å². The Morgan fingerprint density at radius 3 is 2.57 bits per heavy atom. The molecule has 2 atom stereocenters. The van der Waals surface area contributed by atoms with Crippen molar-refractivity contribution in [2.24, 2.45) is 5.92 Å². The van der Waals surface area contributed by atoms with E-state index in [4.69, 9.17) is 9.47 Å². The number of urea groups is 1. The molecule has 1 saturated heterocycles. The molecular formula is C21H27N3O6. The minimum Gasteiger partial charge on any atom is -0.495 e. The Kier molecular flexibility index (Phi) is 6.91. The first-order valence-electron chi connectivity index (χ1n) is 10.1. The van der Waals surface area contributed by atoms with Crippen LogP contribution in [0.2, 0.25) is 0 Å². The van der Waals surface area contributed by atoms with Crippen LogP contribution in [0.5, 0.6) is 5.75 Å². The standard InChI is InChI=1S/C21H27N3O6/c1-13(19(26)23-21(28)22-15-7-3-4-8-15)30-20(27)14-11-18(25)24(12-14)16-9-5-6-10-17(16)29-2/h5-6,9-10,13-15H,3-4,7-8,11-12H2,1-2H3,(H2,22,23,26,28)/t13-,14-/m0/s1. The summed E-state index contributed by atoms with van der Waals surface area (Å²) in [5, 5.41) is 4.94. The number of benzene rings is 1. The molecule has 0 spiro atoms. The number of hydrogen-bond donors (Lipinski definition) is 2. The van der Waals surface area contributed by atoms with Gasteiger partial charge in [0.15, 0.2) is 6.10 Å². The molecule has 1 saturated carbocycles. The summed E-state index contributed by atoms with van der Waals surface area (Å²) >= 11 is 0. The zero-order chi connectivity index (χ0) is 21.7. The van der Waals surface area contributed by atoms with Crippen LogP contribution in [-0.2, 0) is 19.1 Å².